The van der Waals surface area contributed by atoms with Crippen LogP contribution in [0.3, 0.4) is 0 Å². The molecule has 0 radical (unpaired) electrons. The maximum absolute atomic E-state index is 12.0. The molecule has 5 heteroatoms. The molecule has 100 valence electrons. The molecule has 1 aromatic heterocycles. The zero-order valence-corrected chi connectivity index (χ0v) is 11.1. The predicted molar refractivity (Wildman–Crippen MR) is 68.1 cm³/mol. The van der Waals surface area contributed by atoms with Gasteiger partial charge in [0.05, 0.1) is 13.0 Å². The standard InChI is InChI=1S/C13H21N3O2/c1-15-8-6-14-12(15)10-11-4-3-7-16(11)13(17)5-9-18-2/h6,8,11H,3-5,7,9-10H2,1-2H3/t11-/m1/s1. The van der Waals surface area contributed by atoms with Crippen molar-refractivity contribution in [3.8, 4) is 0 Å². The van der Waals surface area contributed by atoms with Crippen LogP contribution in [-0.2, 0) is 23.0 Å². The summed E-state index contributed by atoms with van der Waals surface area (Å²) in [6.45, 7) is 1.38. The van der Waals surface area contributed by atoms with Gasteiger partial charge in [-0.25, -0.2) is 4.98 Å². The molecule has 0 aliphatic carbocycles. The Bertz CT molecular complexity index is 403. The summed E-state index contributed by atoms with van der Waals surface area (Å²) in [4.78, 5) is 18.4. The molecule has 1 atom stereocenters. The van der Waals surface area contributed by atoms with Gasteiger partial charge < -0.3 is 14.2 Å². The largest absolute Gasteiger partial charge is 0.384 e. The van der Waals surface area contributed by atoms with E-state index in [2.05, 4.69) is 4.98 Å². The summed E-state index contributed by atoms with van der Waals surface area (Å²) in [5.74, 6) is 1.25. The lowest BCUT2D eigenvalue weighted by atomic mass is 10.1. The molecule has 1 fully saturated rings. The minimum Gasteiger partial charge on any atom is -0.384 e. The molecule has 1 amide bonds. The van der Waals surface area contributed by atoms with Gasteiger partial charge >= 0.3 is 0 Å². The Balaban J connectivity index is 1.95. The number of imidazole rings is 1. The number of aromatic nitrogens is 2. The van der Waals surface area contributed by atoms with E-state index in [4.69, 9.17) is 4.74 Å². The molecule has 2 rings (SSSR count). The fraction of sp³-hybridized carbons (Fsp3) is 0.692. The second-order valence-electron chi connectivity index (χ2n) is 4.78. The SMILES string of the molecule is COCCC(=O)N1CCC[C@@H]1Cc1nccn1C. The highest BCUT2D eigenvalue weighted by molar-refractivity contribution is 5.76. The lowest BCUT2D eigenvalue weighted by molar-refractivity contribution is -0.132. The van der Waals surface area contributed by atoms with Crippen LogP contribution in [0.5, 0.6) is 0 Å². The second kappa shape index (κ2) is 6.00. The number of carbonyl (C=O) groups excluding carboxylic acids is 1. The lowest BCUT2D eigenvalue weighted by Crippen LogP contribution is -2.37. The third kappa shape index (κ3) is 2.90. The van der Waals surface area contributed by atoms with Crippen LogP contribution in [0.1, 0.15) is 25.1 Å². The van der Waals surface area contributed by atoms with E-state index in [-0.39, 0.29) is 5.91 Å². The van der Waals surface area contributed by atoms with E-state index in [0.29, 0.717) is 19.1 Å². The molecule has 0 saturated carbocycles. The Morgan fingerprint density at radius 1 is 1.61 bits per heavy atom. The third-order valence-electron chi connectivity index (χ3n) is 3.56. The van der Waals surface area contributed by atoms with Crippen molar-refractivity contribution in [2.24, 2.45) is 7.05 Å². The van der Waals surface area contributed by atoms with Gasteiger partial charge in [-0.2, -0.15) is 0 Å². The van der Waals surface area contributed by atoms with Gasteiger partial charge in [0.25, 0.3) is 0 Å². The van der Waals surface area contributed by atoms with Crippen LogP contribution in [0.25, 0.3) is 0 Å². The molecule has 0 spiro atoms. The van der Waals surface area contributed by atoms with E-state index in [0.717, 1.165) is 31.6 Å². The van der Waals surface area contributed by atoms with Gasteiger partial charge in [0, 0.05) is 45.6 Å². The lowest BCUT2D eigenvalue weighted by Gasteiger charge is -2.24. The topological polar surface area (TPSA) is 47.4 Å². The molecular formula is C13H21N3O2. The van der Waals surface area contributed by atoms with Crippen molar-refractivity contribution < 1.29 is 9.53 Å². The van der Waals surface area contributed by atoms with Gasteiger partial charge in [0.2, 0.25) is 5.91 Å². The molecule has 18 heavy (non-hydrogen) atoms. The molecule has 0 aromatic carbocycles. The predicted octanol–water partition coefficient (Wildman–Crippen LogP) is 0.990. The van der Waals surface area contributed by atoms with E-state index in [1.165, 1.54) is 0 Å². The minimum atomic E-state index is 0.202. The fourth-order valence-electron chi connectivity index (χ4n) is 2.51. The van der Waals surface area contributed by atoms with E-state index >= 15 is 0 Å². The fourth-order valence-corrected chi connectivity index (χ4v) is 2.51. The number of aryl methyl sites for hydroxylation is 1. The minimum absolute atomic E-state index is 0.202. The van der Waals surface area contributed by atoms with Crippen LogP contribution < -0.4 is 0 Å². The van der Waals surface area contributed by atoms with Crippen molar-refractivity contribution in [1.82, 2.24) is 14.5 Å². The third-order valence-corrected chi connectivity index (χ3v) is 3.56. The average molecular weight is 251 g/mol. The summed E-state index contributed by atoms with van der Waals surface area (Å²) in [5, 5.41) is 0. The van der Waals surface area contributed by atoms with Gasteiger partial charge in [-0.1, -0.05) is 0 Å². The second-order valence-corrected chi connectivity index (χ2v) is 4.78. The van der Waals surface area contributed by atoms with Crippen LogP contribution in [0.4, 0.5) is 0 Å². The van der Waals surface area contributed by atoms with Crippen LogP contribution in [0, 0.1) is 0 Å². The summed E-state index contributed by atoms with van der Waals surface area (Å²) < 4.78 is 6.99. The number of rotatable bonds is 5. The first-order valence-corrected chi connectivity index (χ1v) is 6.47. The highest BCUT2D eigenvalue weighted by Gasteiger charge is 2.29. The van der Waals surface area contributed by atoms with Gasteiger partial charge in [0.1, 0.15) is 5.82 Å². The summed E-state index contributed by atoms with van der Waals surface area (Å²) >= 11 is 0. The number of carbonyl (C=O) groups is 1. The normalized spacial score (nSPS) is 19.4. The molecule has 1 saturated heterocycles. The zero-order chi connectivity index (χ0) is 13.0. The van der Waals surface area contributed by atoms with E-state index in [9.17, 15) is 4.79 Å². The van der Waals surface area contributed by atoms with Crippen molar-refractivity contribution >= 4 is 5.91 Å². The van der Waals surface area contributed by atoms with Gasteiger partial charge in [-0.3, -0.25) is 4.79 Å². The molecular weight excluding hydrogens is 230 g/mol. The molecule has 1 aliphatic heterocycles. The van der Waals surface area contributed by atoms with Crippen LogP contribution in [0.15, 0.2) is 12.4 Å². The van der Waals surface area contributed by atoms with Crippen molar-refractivity contribution in [3.63, 3.8) is 0 Å². The first-order chi connectivity index (χ1) is 8.72. The maximum atomic E-state index is 12.0. The smallest absolute Gasteiger partial charge is 0.225 e. The quantitative estimate of drug-likeness (QED) is 0.784. The molecule has 2 heterocycles. The number of nitrogens with zero attached hydrogens (tertiary/aromatic N) is 3. The molecule has 1 aromatic rings. The Morgan fingerprint density at radius 3 is 3.11 bits per heavy atom. The Morgan fingerprint density at radius 2 is 2.44 bits per heavy atom. The Labute approximate surface area is 108 Å². The average Bonchev–Trinajstić information content (AvgIpc) is 2.97. The van der Waals surface area contributed by atoms with Crippen LogP contribution in [0.2, 0.25) is 0 Å². The molecule has 1 aliphatic rings. The first-order valence-electron chi connectivity index (χ1n) is 6.47. The summed E-state index contributed by atoms with van der Waals surface area (Å²) in [6.07, 6.45) is 7.25. The van der Waals surface area contributed by atoms with Gasteiger partial charge in [0.15, 0.2) is 0 Å². The Kier molecular flexibility index (Phi) is 4.36. The number of ether oxygens (including phenoxy) is 1. The number of methoxy groups -OCH3 is 1. The monoisotopic (exact) mass is 251 g/mol. The molecule has 0 bridgehead atoms. The zero-order valence-electron chi connectivity index (χ0n) is 11.1. The van der Waals surface area contributed by atoms with Crippen molar-refractivity contribution in [1.29, 1.82) is 0 Å². The number of likely N-dealkylation sites (tertiary alicyclic amines) is 1. The van der Waals surface area contributed by atoms with Crippen molar-refractivity contribution in [3.05, 3.63) is 18.2 Å². The van der Waals surface area contributed by atoms with E-state index < -0.39 is 0 Å². The first kappa shape index (κ1) is 13.1. The molecule has 0 N–H and O–H groups in total. The van der Waals surface area contributed by atoms with Crippen molar-refractivity contribution in [2.45, 2.75) is 31.7 Å². The summed E-state index contributed by atoms with van der Waals surface area (Å²) in [5.41, 5.74) is 0. The van der Waals surface area contributed by atoms with Gasteiger partial charge in [-0.15, -0.1) is 0 Å². The number of hydrogen-bond donors (Lipinski definition) is 0. The van der Waals surface area contributed by atoms with E-state index in [1.807, 2.05) is 22.7 Å². The van der Waals surface area contributed by atoms with E-state index in [1.54, 1.807) is 13.3 Å². The number of hydrogen-bond acceptors (Lipinski definition) is 3. The van der Waals surface area contributed by atoms with Crippen molar-refractivity contribution in [2.75, 3.05) is 20.3 Å². The Hall–Kier alpha value is -1.36. The maximum Gasteiger partial charge on any atom is 0.225 e. The van der Waals surface area contributed by atoms with Crippen LogP contribution in [-0.4, -0.2) is 46.7 Å². The summed E-state index contributed by atoms with van der Waals surface area (Å²) in [6, 6.07) is 0.301. The summed E-state index contributed by atoms with van der Waals surface area (Å²) in [7, 11) is 3.62. The number of amides is 1. The highest BCUT2D eigenvalue weighted by atomic mass is 16.5. The van der Waals surface area contributed by atoms with Crippen LogP contribution >= 0.6 is 0 Å². The molecule has 0 unspecified atom stereocenters. The van der Waals surface area contributed by atoms with Gasteiger partial charge in [-0.05, 0) is 12.8 Å². The highest BCUT2D eigenvalue weighted by Crippen LogP contribution is 2.21. The molecule has 5 nitrogen and oxygen atoms in total.